The Morgan fingerprint density at radius 1 is 1.23 bits per heavy atom. The Bertz CT molecular complexity index is 1040. The van der Waals surface area contributed by atoms with Gasteiger partial charge < -0.3 is 15.3 Å². The summed E-state index contributed by atoms with van der Waals surface area (Å²) in [6.07, 6.45) is -0.700. The summed E-state index contributed by atoms with van der Waals surface area (Å²) in [6.45, 7) is 0. The number of halogens is 1. The zero-order chi connectivity index (χ0) is 18.0. The number of ether oxygens (including phenoxy) is 1. The SMILES string of the molecule is COC(=O)Nc1nc2ccc(OS(=O)(=O)c3ccc(F)cc3)cc2[nH]1.[H-].[Na+]. The molecular formula is C15H13FN3NaO5S. The molecule has 26 heavy (non-hydrogen) atoms. The van der Waals surface area contributed by atoms with Crippen LogP contribution in [0.2, 0.25) is 0 Å². The van der Waals surface area contributed by atoms with Gasteiger partial charge in [-0.3, -0.25) is 5.32 Å². The quantitative estimate of drug-likeness (QED) is 0.471. The number of fused-ring (bicyclic) bond motifs is 1. The molecule has 0 spiro atoms. The van der Waals surface area contributed by atoms with Gasteiger partial charge in [0, 0.05) is 6.07 Å². The number of aromatic amines is 1. The van der Waals surface area contributed by atoms with Crippen molar-refractivity contribution in [2.45, 2.75) is 4.90 Å². The first-order valence-corrected chi connectivity index (χ1v) is 8.33. The van der Waals surface area contributed by atoms with Gasteiger partial charge in [-0.1, -0.05) is 0 Å². The Morgan fingerprint density at radius 3 is 2.58 bits per heavy atom. The number of carbonyl (C=O) groups is 1. The van der Waals surface area contributed by atoms with Crippen molar-refractivity contribution in [3.8, 4) is 5.75 Å². The second-order valence-electron chi connectivity index (χ2n) is 4.87. The van der Waals surface area contributed by atoms with Gasteiger partial charge in [-0.05, 0) is 36.4 Å². The number of nitrogens with zero attached hydrogens (tertiary/aromatic N) is 1. The average molecular weight is 389 g/mol. The molecule has 3 rings (SSSR count). The van der Waals surface area contributed by atoms with E-state index in [-0.39, 0.29) is 47.6 Å². The van der Waals surface area contributed by atoms with Crippen molar-refractivity contribution >= 4 is 33.2 Å². The number of imidazole rings is 1. The maximum absolute atomic E-state index is 12.9. The van der Waals surface area contributed by atoms with Crippen LogP contribution >= 0.6 is 0 Å². The van der Waals surface area contributed by atoms with Gasteiger partial charge in [-0.25, -0.2) is 14.2 Å². The predicted molar refractivity (Wildman–Crippen MR) is 87.4 cm³/mol. The smallest absolute Gasteiger partial charge is 1.00 e. The maximum Gasteiger partial charge on any atom is 1.00 e. The number of anilines is 1. The minimum atomic E-state index is -4.11. The molecule has 0 saturated heterocycles. The molecule has 0 unspecified atom stereocenters. The molecule has 0 atom stereocenters. The first kappa shape index (κ1) is 20.2. The molecule has 0 fully saturated rings. The Balaban J connectivity index is 0.00000182. The molecule has 0 saturated carbocycles. The van der Waals surface area contributed by atoms with Crippen LogP contribution in [-0.2, 0) is 14.9 Å². The third kappa shape index (κ3) is 4.52. The molecule has 0 aliphatic heterocycles. The minimum absolute atomic E-state index is 0. The van der Waals surface area contributed by atoms with Crippen LogP contribution in [0.5, 0.6) is 5.75 Å². The second kappa shape index (κ2) is 8.04. The summed E-state index contributed by atoms with van der Waals surface area (Å²) in [5.41, 5.74) is 0.927. The van der Waals surface area contributed by atoms with Crippen molar-refractivity contribution in [3.63, 3.8) is 0 Å². The zero-order valence-corrected chi connectivity index (χ0v) is 16.6. The molecule has 0 aliphatic carbocycles. The summed E-state index contributed by atoms with van der Waals surface area (Å²) in [4.78, 5) is 17.9. The van der Waals surface area contributed by atoms with E-state index in [9.17, 15) is 17.6 Å². The summed E-state index contributed by atoms with van der Waals surface area (Å²) in [6, 6.07) is 8.61. The van der Waals surface area contributed by atoms with Crippen LogP contribution in [0.1, 0.15) is 1.43 Å². The molecule has 2 N–H and O–H groups in total. The molecule has 0 radical (unpaired) electrons. The topological polar surface area (TPSA) is 110 Å². The van der Waals surface area contributed by atoms with Crippen molar-refractivity contribution < 1.29 is 57.5 Å². The van der Waals surface area contributed by atoms with Gasteiger partial charge in [0.1, 0.15) is 16.5 Å². The van der Waals surface area contributed by atoms with Crippen molar-refractivity contribution in [1.29, 1.82) is 0 Å². The molecule has 0 aliphatic rings. The number of amides is 1. The first-order chi connectivity index (χ1) is 11.9. The van der Waals surface area contributed by atoms with E-state index in [1.165, 1.54) is 25.3 Å². The standard InChI is InChI=1S/C15H12FN3O5S.Na.H/c1-23-15(20)19-14-17-12-7-4-10(8-13(12)18-14)24-25(21,22)11-5-2-9(16)3-6-11;;/h2-8H,1H3,(H2,17,18,19,20);;/q;+1;-1. The zero-order valence-electron chi connectivity index (χ0n) is 14.8. The van der Waals surface area contributed by atoms with Crippen molar-refractivity contribution in [1.82, 2.24) is 9.97 Å². The van der Waals surface area contributed by atoms with Crippen molar-refractivity contribution in [3.05, 3.63) is 48.3 Å². The van der Waals surface area contributed by atoms with Crippen LogP contribution in [0.4, 0.5) is 15.1 Å². The van der Waals surface area contributed by atoms with Gasteiger partial charge in [0.2, 0.25) is 5.95 Å². The minimum Gasteiger partial charge on any atom is -1.00 e. The molecule has 1 aromatic heterocycles. The van der Waals surface area contributed by atoms with Gasteiger partial charge >= 0.3 is 45.8 Å². The van der Waals surface area contributed by atoms with E-state index in [1.807, 2.05) is 0 Å². The van der Waals surface area contributed by atoms with Gasteiger partial charge in [0.25, 0.3) is 0 Å². The summed E-state index contributed by atoms with van der Waals surface area (Å²) in [7, 11) is -2.89. The van der Waals surface area contributed by atoms with Crippen LogP contribution < -0.4 is 39.1 Å². The van der Waals surface area contributed by atoms with E-state index >= 15 is 0 Å². The monoisotopic (exact) mass is 389 g/mol. The number of hydrogen-bond donors (Lipinski definition) is 2. The molecular weight excluding hydrogens is 376 g/mol. The van der Waals surface area contributed by atoms with E-state index in [1.54, 1.807) is 0 Å². The first-order valence-electron chi connectivity index (χ1n) is 6.92. The van der Waals surface area contributed by atoms with Crippen LogP contribution in [0.3, 0.4) is 0 Å². The second-order valence-corrected chi connectivity index (χ2v) is 6.42. The molecule has 1 heterocycles. The number of benzene rings is 2. The predicted octanol–water partition coefficient (Wildman–Crippen LogP) is -0.236. The maximum atomic E-state index is 12.9. The van der Waals surface area contributed by atoms with Crippen LogP contribution in [-0.4, -0.2) is 31.6 Å². The molecule has 8 nitrogen and oxygen atoms in total. The van der Waals surface area contributed by atoms with E-state index in [2.05, 4.69) is 20.0 Å². The molecule has 0 bridgehead atoms. The Morgan fingerprint density at radius 2 is 1.92 bits per heavy atom. The Labute approximate surface area is 171 Å². The van der Waals surface area contributed by atoms with E-state index in [0.29, 0.717) is 11.0 Å². The molecule has 132 valence electrons. The number of methoxy groups -OCH3 is 1. The van der Waals surface area contributed by atoms with Crippen molar-refractivity contribution in [2.75, 3.05) is 12.4 Å². The van der Waals surface area contributed by atoms with Crippen LogP contribution in [0, 0.1) is 5.82 Å². The number of hydrogen-bond acceptors (Lipinski definition) is 6. The molecule has 11 heteroatoms. The van der Waals surface area contributed by atoms with Gasteiger partial charge in [0.05, 0.1) is 18.1 Å². The summed E-state index contributed by atoms with van der Waals surface area (Å²) < 4.78 is 46.8. The van der Waals surface area contributed by atoms with Crippen LogP contribution in [0.15, 0.2) is 47.4 Å². The van der Waals surface area contributed by atoms with E-state index in [4.69, 9.17) is 4.18 Å². The molecule has 2 aromatic carbocycles. The number of rotatable bonds is 4. The summed E-state index contributed by atoms with van der Waals surface area (Å²) >= 11 is 0. The number of H-pyrrole nitrogens is 1. The molecule has 3 aromatic rings. The van der Waals surface area contributed by atoms with Gasteiger partial charge in [-0.15, -0.1) is 0 Å². The fourth-order valence-electron chi connectivity index (χ4n) is 2.02. The Hall–Kier alpha value is -2.14. The normalized spacial score (nSPS) is 10.8. The van der Waals surface area contributed by atoms with E-state index < -0.39 is 22.0 Å². The number of nitrogens with one attached hydrogen (secondary N) is 2. The fraction of sp³-hybridized carbons (Fsp3) is 0.0667. The van der Waals surface area contributed by atoms with Crippen molar-refractivity contribution in [2.24, 2.45) is 0 Å². The summed E-state index contributed by atoms with van der Waals surface area (Å²) in [5, 5.41) is 2.36. The largest absolute Gasteiger partial charge is 1.00 e. The van der Waals surface area contributed by atoms with Gasteiger partial charge in [-0.2, -0.15) is 8.42 Å². The average Bonchev–Trinajstić information content (AvgIpc) is 2.96. The van der Waals surface area contributed by atoms with Crippen LogP contribution in [0.25, 0.3) is 11.0 Å². The molecule has 1 amide bonds. The third-order valence-electron chi connectivity index (χ3n) is 3.17. The Kier molecular flexibility index (Phi) is 6.24. The third-order valence-corrected chi connectivity index (χ3v) is 4.43. The van der Waals surface area contributed by atoms with Gasteiger partial charge in [0.15, 0.2) is 0 Å². The number of carbonyl (C=O) groups excluding carboxylic acids is 1. The fourth-order valence-corrected chi connectivity index (χ4v) is 2.95. The van der Waals surface area contributed by atoms with E-state index in [0.717, 1.165) is 24.3 Å². The summed E-state index contributed by atoms with van der Waals surface area (Å²) in [5.74, 6) is -0.381. The number of aromatic nitrogens is 2.